The molecule has 1 aliphatic carbocycles. The van der Waals surface area contributed by atoms with E-state index >= 15 is 0 Å². The van der Waals surface area contributed by atoms with Crippen LogP contribution in [0.5, 0.6) is 0 Å². The predicted octanol–water partition coefficient (Wildman–Crippen LogP) is 3.25. The second kappa shape index (κ2) is 10.4. The van der Waals surface area contributed by atoms with Gasteiger partial charge in [-0.05, 0) is 55.7 Å². The number of benzene rings is 1. The van der Waals surface area contributed by atoms with Gasteiger partial charge in [-0.1, -0.05) is 12.1 Å². The number of sulfonamides is 1. The van der Waals surface area contributed by atoms with Crippen LogP contribution in [0.2, 0.25) is 0 Å². The number of hydrogen-bond acceptors (Lipinski definition) is 5. The lowest BCUT2D eigenvalue weighted by molar-refractivity contribution is -0.142. The predicted molar refractivity (Wildman–Crippen MR) is 125 cm³/mol. The highest BCUT2D eigenvalue weighted by molar-refractivity contribution is 7.89. The number of nitrogens with zero attached hydrogens (tertiary/aromatic N) is 3. The number of aromatic nitrogens is 2. The highest BCUT2D eigenvalue weighted by Gasteiger charge is 2.41. The smallest absolute Gasteiger partial charge is 0.336 e. The molecule has 2 amide bonds. The standard InChI is InChI=1S/C24H28F4N4O4S/c1-37(35,36)30-23(34)17-6-2-15(3-7-17)12-21(33)31-11-10-19-20(14-31)32(29-22(19)24(26,27)28)13-16-4-8-18(25)9-5-16/h4-5,8-9,15,17H,2-3,6-7,10-14H2,1H3,(H,30,34). The average Bonchev–Trinajstić information content (AvgIpc) is 3.18. The highest BCUT2D eigenvalue weighted by atomic mass is 32.2. The molecule has 13 heteroatoms. The fourth-order valence-corrected chi connectivity index (χ4v) is 5.62. The first kappa shape index (κ1) is 27.1. The Morgan fingerprint density at radius 3 is 2.35 bits per heavy atom. The van der Waals surface area contributed by atoms with Crippen molar-refractivity contribution < 1.29 is 35.6 Å². The quantitative estimate of drug-likeness (QED) is 0.563. The Labute approximate surface area is 212 Å². The molecule has 2 aliphatic rings. The minimum absolute atomic E-state index is 0.00560. The molecule has 0 radical (unpaired) electrons. The molecule has 1 N–H and O–H groups in total. The molecule has 37 heavy (non-hydrogen) atoms. The number of alkyl halides is 3. The van der Waals surface area contributed by atoms with Gasteiger partial charge in [-0.25, -0.2) is 12.8 Å². The maximum absolute atomic E-state index is 13.7. The first-order valence-corrected chi connectivity index (χ1v) is 13.9. The molecule has 4 rings (SSSR count). The van der Waals surface area contributed by atoms with E-state index in [1.807, 2.05) is 4.72 Å². The average molecular weight is 545 g/mol. The molecule has 1 fully saturated rings. The van der Waals surface area contributed by atoms with Crippen molar-refractivity contribution in [1.82, 2.24) is 19.4 Å². The Kier molecular flexibility index (Phi) is 7.63. The van der Waals surface area contributed by atoms with E-state index in [2.05, 4.69) is 5.10 Å². The van der Waals surface area contributed by atoms with E-state index in [4.69, 9.17) is 0 Å². The Morgan fingerprint density at radius 2 is 1.76 bits per heavy atom. The SMILES string of the molecule is CS(=O)(=O)NC(=O)C1CCC(CC(=O)N2CCc3c(C(F)(F)F)nn(Cc4ccc(F)cc4)c3C2)CC1. The molecule has 1 saturated carbocycles. The Hall–Kier alpha value is -2.96. The van der Waals surface area contributed by atoms with Gasteiger partial charge in [0.05, 0.1) is 25.0 Å². The first-order chi connectivity index (χ1) is 17.3. The molecule has 8 nitrogen and oxygen atoms in total. The van der Waals surface area contributed by atoms with E-state index in [-0.39, 0.29) is 49.9 Å². The van der Waals surface area contributed by atoms with Gasteiger partial charge in [0.25, 0.3) is 0 Å². The normalized spacial score (nSPS) is 20.4. The summed E-state index contributed by atoms with van der Waals surface area (Å²) in [4.78, 5) is 26.7. The van der Waals surface area contributed by atoms with Crippen LogP contribution in [-0.2, 0) is 45.3 Å². The van der Waals surface area contributed by atoms with E-state index in [0.29, 0.717) is 36.9 Å². The summed E-state index contributed by atoms with van der Waals surface area (Å²) >= 11 is 0. The molecule has 2 heterocycles. The second-order valence-corrected chi connectivity index (χ2v) is 11.5. The number of halogens is 4. The van der Waals surface area contributed by atoms with Gasteiger partial charge in [-0.15, -0.1) is 0 Å². The third-order valence-corrected chi connectivity index (χ3v) is 7.54. The zero-order valence-electron chi connectivity index (χ0n) is 20.2. The molecule has 1 aromatic heterocycles. The van der Waals surface area contributed by atoms with Crippen molar-refractivity contribution in [1.29, 1.82) is 0 Å². The van der Waals surface area contributed by atoms with Gasteiger partial charge in [0.1, 0.15) is 5.82 Å². The lowest BCUT2D eigenvalue weighted by Crippen LogP contribution is -2.39. The zero-order valence-corrected chi connectivity index (χ0v) is 21.0. The van der Waals surface area contributed by atoms with Crippen molar-refractivity contribution >= 4 is 21.8 Å². The van der Waals surface area contributed by atoms with E-state index in [1.54, 1.807) is 0 Å². The van der Waals surface area contributed by atoms with Crippen molar-refractivity contribution in [2.24, 2.45) is 11.8 Å². The number of carbonyl (C=O) groups is 2. The number of carbonyl (C=O) groups excluding carboxylic acids is 2. The number of rotatable bonds is 6. The van der Waals surface area contributed by atoms with Crippen LogP contribution >= 0.6 is 0 Å². The monoisotopic (exact) mass is 544 g/mol. The van der Waals surface area contributed by atoms with Crippen LogP contribution in [-0.4, -0.2) is 47.7 Å². The molecule has 2 aromatic rings. The Balaban J connectivity index is 1.42. The summed E-state index contributed by atoms with van der Waals surface area (Å²) in [6.45, 7) is 0.147. The van der Waals surface area contributed by atoms with Gasteiger partial charge in [-0.2, -0.15) is 18.3 Å². The third kappa shape index (κ3) is 6.68. The largest absolute Gasteiger partial charge is 0.435 e. The first-order valence-electron chi connectivity index (χ1n) is 12.0. The molecule has 0 unspecified atom stereocenters. The van der Waals surface area contributed by atoms with Gasteiger partial charge < -0.3 is 4.90 Å². The number of hydrogen-bond donors (Lipinski definition) is 1. The summed E-state index contributed by atoms with van der Waals surface area (Å²) < 4.78 is 80.0. The van der Waals surface area contributed by atoms with Crippen LogP contribution < -0.4 is 4.72 Å². The maximum Gasteiger partial charge on any atom is 0.435 e. The molecule has 0 bridgehead atoms. The van der Waals surface area contributed by atoms with E-state index in [9.17, 15) is 35.6 Å². The second-order valence-electron chi connectivity index (χ2n) is 9.78. The van der Waals surface area contributed by atoms with Crippen LogP contribution in [0.1, 0.15) is 54.6 Å². The number of nitrogens with one attached hydrogen (secondary N) is 1. The van der Waals surface area contributed by atoms with Gasteiger partial charge in [0, 0.05) is 24.4 Å². The molecule has 202 valence electrons. The fourth-order valence-electron chi connectivity index (χ4n) is 5.09. The van der Waals surface area contributed by atoms with Crippen molar-refractivity contribution in [3.63, 3.8) is 0 Å². The van der Waals surface area contributed by atoms with Crippen molar-refractivity contribution in [3.8, 4) is 0 Å². The summed E-state index contributed by atoms with van der Waals surface area (Å²) in [6, 6.07) is 5.42. The van der Waals surface area contributed by atoms with Gasteiger partial charge in [-0.3, -0.25) is 19.0 Å². The number of amides is 2. The lowest BCUT2D eigenvalue weighted by atomic mass is 9.80. The summed E-state index contributed by atoms with van der Waals surface area (Å²) in [7, 11) is -3.63. The van der Waals surface area contributed by atoms with Crippen LogP contribution in [0, 0.1) is 17.7 Å². The van der Waals surface area contributed by atoms with Crippen molar-refractivity contribution in [2.75, 3.05) is 12.8 Å². The van der Waals surface area contributed by atoms with E-state index < -0.39 is 39.5 Å². The van der Waals surface area contributed by atoms with Crippen molar-refractivity contribution in [2.45, 2.75) is 57.8 Å². The lowest BCUT2D eigenvalue weighted by Gasteiger charge is -2.32. The van der Waals surface area contributed by atoms with E-state index in [1.165, 1.54) is 33.8 Å². The molecule has 1 aromatic carbocycles. The van der Waals surface area contributed by atoms with E-state index in [0.717, 1.165) is 6.26 Å². The van der Waals surface area contributed by atoms with Gasteiger partial charge >= 0.3 is 6.18 Å². The topological polar surface area (TPSA) is 101 Å². The highest BCUT2D eigenvalue weighted by Crippen LogP contribution is 2.36. The minimum atomic E-state index is -4.63. The molecule has 1 aliphatic heterocycles. The van der Waals surface area contributed by atoms with Crippen molar-refractivity contribution in [3.05, 3.63) is 52.6 Å². The third-order valence-electron chi connectivity index (χ3n) is 6.97. The Morgan fingerprint density at radius 1 is 1.11 bits per heavy atom. The zero-order chi connectivity index (χ0) is 27.0. The molecular weight excluding hydrogens is 516 g/mol. The summed E-state index contributed by atoms with van der Waals surface area (Å²) in [5, 5.41) is 3.82. The molecular formula is C24H28F4N4O4S. The van der Waals surface area contributed by atoms with Crippen LogP contribution in [0.4, 0.5) is 17.6 Å². The molecule has 0 saturated heterocycles. The Bertz CT molecular complexity index is 1270. The van der Waals surface area contributed by atoms with Crippen LogP contribution in [0.25, 0.3) is 0 Å². The maximum atomic E-state index is 13.7. The van der Waals surface area contributed by atoms with Crippen LogP contribution in [0.3, 0.4) is 0 Å². The van der Waals surface area contributed by atoms with Gasteiger partial charge in [0.15, 0.2) is 5.69 Å². The molecule has 0 atom stereocenters. The van der Waals surface area contributed by atoms with Crippen LogP contribution in [0.15, 0.2) is 24.3 Å². The summed E-state index contributed by atoms with van der Waals surface area (Å²) in [6.07, 6.45) is -1.41. The fraction of sp³-hybridized carbons (Fsp3) is 0.542. The van der Waals surface area contributed by atoms with Gasteiger partial charge in [0.2, 0.25) is 21.8 Å². The minimum Gasteiger partial charge on any atom is -0.336 e. The number of fused-ring (bicyclic) bond motifs is 1. The molecule has 0 spiro atoms. The summed E-state index contributed by atoms with van der Waals surface area (Å²) in [5.41, 5.74) is 0.0245. The summed E-state index contributed by atoms with van der Waals surface area (Å²) in [5.74, 6) is -1.60.